The summed E-state index contributed by atoms with van der Waals surface area (Å²) in [5.74, 6) is -0.308. The number of aliphatic hydroxyl groups excluding tert-OH is 2. The topological polar surface area (TPSA) is 117 Å². The van der Waals surface area contributed by atoms with Crippen LogP contribution in [0, 0.1) is 5.41 Å². The molecule has 3 aliphatic rings. The van der Waals surface area contributed by atoms with Crippen LogP contribution in [-0.2, 0) is 9.53 Å². The number of ether oxygens (including phenoxy) is 1. The van der Waals surface area contributed by atoms with Crippen LogP contribution >= 0.6 is 0 Å². The summed E-state index contributed by atoms with van der Waals surface area (Å²) in [5, 5.41) is 23.1. The Labute approximate surface area is 196 Å². The number of anilines is 1. The lowest BCUT2D eigenvalue weighted by atomic mass is 9.75. The fourth-order valence-corrected chi connectivity index (χ4v) is 5.66. The summed E-state index contributed by atoms with van der Waals surface area (Å²) < 4.78 is 6.21. The summed E-state index contributed by atoms with van der Waals surface area (Å²) in [4.78, 5) is 16.3. The molecule has 0 spiro atoms. The normalized spacial score (nSPS) is 31.2. The molecular weight excluding hydrogens is 418 g/mol. The Morgan fingerprint density at radius 3 is 2.39 bits per heavy atom. The maximum atomic E-state index is 12.5. The third-order valence-corrected chi connectivity index (χ3v) is 7.84. The molecule has 4 rings (SSSR count). The number of nitrogens with two attached hydrogens (primary N) is 1. The zero-order valence-corrected chi connectivity index (χ0v) is 20.0. The van der Waals surface area contributed by atoms with Gasteiger partial charge in [-0.1, -0.05) is 26.0 Å². The standard InChI is InChI=1S/C26H37N3O4/c1-24(2)8-6-17(7-9-24)20-12-18(4-5-21(20)29-23(32)22(27)28-3)19-13-25(15-30)10-11-26(14-19,16-31)33-25/h4-6,12,19,30-31H,7-11,13-16H2,1-3H3,(H2,27,28)(H,29,32)/t19?,25-,26+. The third-order valence-electron chi connectivity index (χ3n) is 7.84. The molecule has 1 unspecified atom stereocenters. The van der Waals surface area contributed by atoms with Crippen LogP contribution in [0.3, 0.4) is 0 Å². The molecule has 3 atom stereocenters. The summed E-state index contributed by atoms with van der Waals surface area (Å²) in [6, 6.07) is 6.16. The highest BCUT2D eigenvalue weighted by atomic mass is 16.6. The van der Waals surface area contributed by atoms with Gasteiger partial charge in [-0.15, -0.1) is 0 Å². The van der Waals surface area contributed by atoms with Gasteiger partial charge in [0.25, 0.3) is 5.91 Å². The second kappa shape index (κ2) is 8.85. The van der Waals surface area contributed by atoms with Gasteiger partial charge in [-0.3, -0.25) is 9.79 Å². The number of amides is 1. The van der Waals surface area contributed by atoms with Crippen molar-refractivity contribution < 1.29 is 19.7 Å². The maximum absolute atomic E-state index is 12.5. The SMILES string of the molecule is CN=C(N)C(=O)Nc1ccc(C2C[C@]3(CO)CC[C@](CO)(C2)O3)cc1C1=CCC(C)(C)CC1. The number of carbonyl (C=O) groups excluding carboxylic acids is 1. The van der Waals surface area contributed by atoms with E-state index >= 15 is 0 Å². The van der Waals surface area contributed by atoms with E-state index in [-0.39, 0.29) is 30.4 Å². The highest BCUT2D eigenvalue weighted by Gasteiger charge is 2.54. The second-order valence-electron chi connectivity index (χ2n) is 10.9. The van der Waals surface area contributed by atoms with Crippen LogP contribution in [0.15, 0.2) is 29.3 Å². The van der Waals surface area contributed by atoms with E-state index in [9.17, 15) is 15.0 Å². The Morgan fingerprint density at radius 2 is 1.85 bits per heavy atom. The average molecular weight is 456 g/mol. The van der Waals surface area contributed by atoms with Crippen LogP contribution in [-0.4, -0.2) is 53.4 Å². The molecule has 2 bridgehead atoms. The molecule has 33 heavy (non-hydrogen) atoms. The number of fused-ring (bicyclic) bond motifs is 2. The van der Waals surface area contributed by atoms with Crippen LogP contribution in [0.5, 0.6) is 0 Å². The lowest BCUT2D eigenvalue weighted by Crippen LogP contribution is -2.47. The largest absolute Gasteiger partial charge is 0.393 e. The van der Waals surface area contributed by atoms with Crippen molar-refractivity contribution in [3.8, 4) is 0 Å². The predicted octanol–water partition coefficient (Wildman–Crippen LogP) is 3.36. The van der Waals surface area contributed by atoms with E-state index in [0.717, 1.165) is 61.8 Å². The number of benzene rings is 1. The zero-order valence-electron chi connectivity index (χ0n) is 20.0. The summed E-state index contributed by atoms with van der Waals surface area (Å²) in [5.41, 5.74) is 8.94. The number of hydrogen-bond donors (Lipinski definition) is 4. The Morgan fingerprint density at radius 1 is 1.18 bits per heavy atom. The first kappa shape index (κ1) is 23.9. The average Bonchev–Trinajstić information content (AvgIpc) is 3.10. The van der Waals surface area contributed by atoms with Crippen LogP contribution in [0.1, 0.15) is 75.8 Å². The van der Waals surface area contributed by atoms with Crippen LogP contribution in [0.4, 0.5) is 5.69 Å². The lowest BCUT2D eigenvalue weighted by Gasteiger charge is -2.43. The van der Waals surface area contributed by atoms with Crippen molar-refractivity contribution in [2.24, 2.45) is 16.1 Å². The van der Waals surface area contributed by atoms with E-state index in [1.165, 1.54) is 12.6 Å². The second-order valence-corrected chi connectivity index (χ2v) is 10.9. The van der Waals surface area contributed by atoms with Gasteiger partial charge in [0.15, 0.2) is 5.84 Å². The first-order valence-electron chi connectivity index (χ1n) is 11.9. The highest BCUT2D eigenvalue weighted by molar-refractivity contribution is 6.41. The number of aliphatic imine (C=N–C) groups is 1. The molecule has 180 valence electrons. The van der Waals surface area contributed by atoms with Crippen LogP contribution < -0.4 is 11.1 Å². The molecule has 0 radical (unpaired) electrons. The molecule has 1 aromatic rings. The molecular formula is C26H37N3O4. The monoisotopic (exact) mass is 455 g/mol. The number of hydrogen-bond acceptors (Lipinski definition) is 5. The molecule has 2 fully saturated rings. The summed E-state index contributed by atoms with van der Waals surface area (Å²) in [7, 11) is 1.50. The number of rotatable bonds is 5. The minimum atomic E-state index is -0.584. The van der Waals surface area contributed by atoms with Crippen molar-refractivity contribution in [2.75, 3.05) is 25.6 Å². The van der Waals surface area contributed by atoms with Crippen molar-refractivity contribution in [2.45, 2.75) is 75.9 Å². The molecule has 2 saturated heterocycles. The van der Waals surface area contributed by atoms with E-state index in [4.69, 9.17) is 10.5 Å². The summed E-state index contributed by atoms with van der Waals surface area (Å²) in [6.07, 6.45) is 8.24. The van der Waals surface area contributed by atoms with Gasteiger partial charge in [0, 0.05) is 18.3 Å². The van der Waals surface area contributed by atoms with Gasteiger partial charge in [0.2, 0.25) is 0 Å². The maximum Gasteiger partial charge on any atom is 0.290 e. The molecule has 7 nitrogen and oxygen atoms in total. The van der Waals surface area contributed by atoms with E-state index in [1.807, 2.05) is 12.1 Å². The molecule has 1 aliphatic carbocycles. The smallest absolute Gasteiger partial charge is 0.290 e. The molecule has 2 aliphatic heterocycles. The fraction of sp³-hybridized carbons (Fsp3) is 0.615. The van der Waals surface area contributed by atoms with Crippen molar-refractivity contribution in [3.63, 3.8) is 0 Å². The van der Waals surface area contributed by atoms with Crippen LogP contribution in [0.25, 0.3) is 5.57 Å². The number of amidine groups is 1. The third kappa shape index (κ3) is 4.72. The Hall–Kier alpha value is -2.22. The Balaban J connectivity index is 1.70. The van der Waals surface area contributed by atoms with Gasteiger partial charge >= 0.3 is 0 Å². The molecule has 0 saturated carbocycles. The van der Waals surface area contributed by atoms with Crippen molar-refractivity contribution >= 4 is 23.0 Å². The minimum Gasteiger partial charge on any atom is -0.393 e. The fourth-order valence-electron chi connectivity index (χ4n) is 5.66. The first-order chi connectivity index (χ1) is 15.6. The number of allylic oxidation sites excluding steroid dienone is 2. The summed E-state index contributed by atoms with van der Waals surface area (Å²) in [6.45, 7) is 4.47. The van der Waals surface area contributed by atoms with E-state index in [0.29, 0.717) is 0 Å². The molecule has 2 heterocycles. The minimum absolute atomic E-state index is 0.0396. The number of carbonyl (C=O) groups is 1. The zero-order chi connectivity index (χ0) is 23.9. The highest BCUT2D eigenvalue weighted by Crippen LogP contribution is 2.53. The Kier molecular flexibility index (Phi) is 6.42. The number of nitrogens with one attached hydrogen (secondary N) is 1. The molecule has 1 aromatic carbocycles. The van der Waals surface area contributed by atoms with E-state index in [1.54, 1.807) is 0 Å². The van der Waals surface area contributed by atoms with Gasteiger partial charge < -0.3 is 26.0 Å². The van der Waals surface area contributed by atoms with Gasteiger partial charge in [0.1, 0.15) is 0 Å². The van der Waals surface area contributed by atoms with Crippen molar-refractivity contribution in [1.29, 1.82) is 0 Å². The molecule has 7 heteroatoms. The van der Waals surface area contributed by atoms with Gasteiger partial charge in [-0.2, -0.15) is 0 Å². The van der Waals surface area contributed by atoms with Gasteiger partial charge in [0.05, 0.1) is 24.4 Å². The quantitative estimate of drug-likeness (QED) is 0.401. The van der Waals surface area contributed by atoms with E-state index in [2.05, 4.69) is 36.3 Å². The Bertz CT molecular complexity index is 966. The van der Waals surface area contributed by atoms with E-state index < -0.39 is 17.1 Å². The molecule has 5 N–H and O–H groups in total. The predicted molar refractivity (Wildman–Crippen MR) is 130 cm³/mol. The van der Waals surface area contributed by atoms with Crippen molar-refractivity contribution in [1.82, 2.24) is 0 Å². The number of aliphatic hydroxyl groups is 2. The summed E-state index contributed by atoms with van der Waals surface area (Å²) >= 11 is 0. The molecule has 1 amide bonds. The van der Waals surface area contributed by atoms with Gasteiger partial charge in [-0.25, -0.2) is 0 Å². The number of nitrogens with zero attached hydrogens (tertiary/aromatic N) is 1. The van der Waals surface area contributed by atoms with Crippen LogP contribution in [0.2, 0.25) is 0 Å². The lowest BCUT2D eigenvalue weighted by molar-refractivity contribution is -0.177. The van der Waals surface area contributed by atoms with Gasteiger partial charge in [-0.05, 0) is 79.5 Å². The molecule has 0 aromatic heterocycles. The first-order valence-corrected chi connectivity index (χ1v) is 11.9. The van der Waals surface area contributed by atoms with Crippen molar-refractivity contribution in [3.05, 3.63) is 35.4 Å².